The van der Waals surface area contributed by atoms with Crippen molar-refractivity contribution in [3.05, 3.63) is 36.3 Å². The van der Waals surface area contributed by atoms with E-state index in [1.165, 1.54) is 4.31 Å². The molecule has 0 aromatic carbocycles. The molecule has 114 valence electrons. The third-order valence-electron chi connectivity index (χ3n) is 3.02. The largest absolute Gasteiger partial charge is 0.486 e. The van der Waals surface area contributed by atoms with Gasteiger partial charge >= 0.3 is 0 Å². The summed E-state index contributed by atoms with van der Waals surface area (Å²) in [6, 6.07) is 0. The van der Waals surface area contributed by atoms with Gasteiger partial charge in [0, 0.05) is 0 Å². The first-order chi connectivity index (χ1) is 9.28. The lowest BCUT2D eigenvalue weighted by Gasteiger charge is -2.35. The summed E-state index contributed by atoms with van der Waals surface area (Å²) in [5.41, 5.74) is -0.266. The normalized spacial score (nSPS) is 24.2. The fourth-order valence-corrected chi connectivity index (χ4v) is 2.74. The summed E-state index contributed by atoms with van der Waals surface area (Å²) in [6.07, 6.45) is 5.75. The quantitative estimate of drug-likeness (QED) is 0.759. The van der Waals surface area contributed by atoms with Gasteiger partial charge in [0.25, 0.3) is 0 Å². The van der Waals surface area contributed by atoms with Crippen molar-refractivity contribution in [2.75, 3.05) is 6.54 Å². The van der Waals surface area contributed by atoms with E-state index in [4.69, 9.17) is 4.74 Å². The number of nitrogens with zero attached hydrogens (tertiary/aromatic N) is 1. The third kappa shape index (κ3) is 4.68. The first kappa shape index (κ1) is 16.8. The van der Waals surface area contributed by atoms with Crippen LogP contribution in [0.1, 0.15) is 33.6 Å². The predicted molar refractivity (Wildman–Crippen MR) is 79.5 cm³/mol. The maximum Gasteiger partial charge on any atom is 0.225 e. The highest BCUT2D eigenvalue weighted by atomic mass is 32.2. The number of ether oxygens (including phenoxy) is 1. The highest BCUT2D eigenvalue weighted by Gasteiger charge is 2.30. The van der Waals surface area contributed by atoms with Crippen LogP contribution in [0.2, 0.25) is 0 Å². The van der Waals surface area contributed by atoms with Crippen molar-refractivity contribution in [3.63, 3.8) is 0 Å². The molecule has 1 saturated heterocycles. The highest BCUT2D eigenvalue weighted by molar-refractivity contribution is 7.70. The monoisotopic (exact) mass is 301 g/mol. The SMILES string of the molecule is C=C/C=C1/OC(CCC(C)(C)O)CN([SH](=O)=O)/C1=C/C. The zero-order valence-electron chi connectivity index (χ0n) is 12.2. The molecule has 0 aliphatic carbocycles. The third-order valence-corrected chi connectivity index (χ3v) is 3.79. The van der Waals surface area contributed by atoms with Crippen molar-refractivity contribution in [1.82, 2.24) is 4.31 Å². The van der Waals surface area contributed by atoms with Gasteiger partial charge in [0.15, 0.2) is 0 Å². The second-order valence-electron chi connectivity index (χ2n) is 5.35. The van der Waals surface area contributed by atoms with Crippen LogP contribution in [0.3, 0.4) is 0 Å². The first-order valence-electron chi connectivity index (χ1n) is 6.58. The van der Waals surface area contributed by atoms with Gasteiger partial charge < -0.3 is 9.84 Å². The number of allylic oxidation sites excluding steroid dienone is 3. The van der Waals surface area contributed by atoms with Crippen molar-refractivity contribution in [1.29, 1.82) is 0 Å². The molecule has 1 heterocycles. The Balaban J connectivity index is 2.93. The molecular formula is C14H23NO4S. The van der Waals surface area contributed by atoms with Gasteiger partial charge in [-0.1, -0.05) is 18.7 Å². The Bertz CT molecular complexity index is 478. The topological polar surface area (TPSA) is 66.8 Å². The Morgan fingerprint density at radius 2 is 2.20 bits per heavy atom. The van der Waals surface area contributed by atoms with Crippen LogP contribution in [0.4, 0.5) is 0 Å². The summed E-state index contributed by atoms with van der Waals surface area (Å²) < 4.78 is 29.9. The summed E-state index contributed by atoms with van der Waals surface area (Å²) >= 11 is 0. The van der Waals surface area contributed by atoms with E-state index in [1.54, 1.807) is 39.0 Å². The Labute approximate surface area is 122 Å². The molecule has 1 unspecified atom stereocenters. The molecule has 5 nitrogen and oxygen atoms in total. The number of rotatable bonds is 5. The van der Waals surface area contributed by atoms with E-state index in [0.717, 1.165) is 0 Å². The number of hydrogen-bond acceptors (Lipinski definition) is 4. The van der Waals surface area contributed by atoms with Crippen molar-refractivity contribution < 1.29 is 18.3 Å². The molecule has 1 aliphatic rings. The minimum absolute atomic E-state index is 0.267. The van der Waals surface area contributed by atoms with Gasteiger partial charge in [-0.2, -0.15) is 0 Å². The van der Waals surface area contributed by atoms with Crippen LogP contribution >= 0.6 is 0 Å². The molecule has 0 spiro atoms. The van der Waals surface area contributed by atoms with Gasteiger partial charge in [-0.3, -0.25) is 4.31 Å². The molecule has 1 fully saturated rings. The average molecular weight is 301 g/mol. The van der Waals surface area contributed by atoms with Crippen LogP contribution in [0.25, 0.3) is 0 Å². The molecule has 1 atom stereocenters. The summed E-state index contributed by atoms with van der Waals surface area (Å²) in [4.78, 5) is 0. The Kier molecular flexibility index (Phi) is 5.83. The Morgan fingerprint density at radius 3 is 2.65 bits per heavy atom. The van der Waals surface area contributed by atoms with E-state index in [-0.39, 0.29) is 12.6 Å². The van der Waals surface area contributed by atoms with Crippen LogP contribution in [-0.4, -0.2) is 36.1 Å². The van der Waals surface area contributed by atoms with Gasteiger partial charge in [0.2, 0.25) is 10.9 Å². The number of hydrogen-bond donors (Lipinski definition) is 2. The summed E-state index contributed by atoms with van der Waals surface area (Å²) in [5.74, 6) is 0.494. The molecule has 0 saturated carbocycles. The second-order valence-corrected chi connectivity index (χ2v) is 6.31. The van der Waals surface area contributed by atoms with E-state index in [2.05, 4.69) is 6.58 Å². The lowest BCUT2D eigenvalue weighted by molar-refractivity contribution is 0.0247. The van der Waals surface area contributed by atoms with Crippen LogP contribution in [0.15, 0.2) is 36.3 Å². The minimum atomic E-state index is -2.72. The van der Waals surface area contributed by atoms with E-state index >= 15 is 0 Å². The maximum absolute atomic E-state index is 11.4. The molecule has 0 radical (unpaired) electrons. The predicted octanol–water partition coefficient (Wildman–Crippen LogP) is 1.74. The van der Waals surface area contributed by atoms with E-state index in [1.807, 2.05) is 0 Å². The molecular weight excluding hydrogens is 278 g/mol. The molecule has 1 rings (SSSR count). The Morgan fingerprint density at radius 1 is 1.55 bits per heavy atom. The second kappa shape index (κ2) is 6.95. The lowest BCUT2D eigenvalue weighted by atomic mass is 9.99. The Hall–Kier alpha value is -1.27. The van der Waals surface area contributed by atoms with Crippen LogP contribution in [0.5, 0.6) is 0 Å². The zero-order chi connectivity index (χ0) is 15.3. The lowest BCUT2D eigenvalue weighted by Crippen LogP contribution is -2.39. The molecule has 0 amide bonds. The fraction of sp³-hybridized carbons (Fsp3) is 0.571. The minimum Gasteiger partial charge on any atom is -0.486 e. The number of morpholine rings is 1. The maximum atomic E-state index is 11.4. The molecule has 6 heteroatoms. The van der Waals surface area contributed by atoms with E-state index in [0.29, 0.717) is 24.3 Å². The zero-order valence-corrected chi connectivity index (χ0v) is 13.1. The van der Waals surface area contributed by atoms with Gasteiger partial charge in [0.1, 0.15) is 11.9 Å². The van der Waals surface area contributed by atoms with Gasteiger partial charge in [0.05, 0.1) is 17.8 Å². The molecule has 1 aliphatic heterocycles. The molecule has 1 N–H and O–H groups in total. The fourth-order valence-electron chi connectivity index (χ4n) is 2.04. The van der Waals surface area contributed by atoms with Crippen molar-refractivity contribution >= 4 is 10.9 Å². The molecule has 20 heavy (non-hydrogen) atoms. The standard InChI is InChI=1S/C14H23NO4S/c1-5-7-13-12(6-2)15(20(17)18)10-11(19-13)8-9-14(3,4)16/h5-7,11,16,20H,1,8-10H2,2-4H3/b12-6+,13-7+. The van der Waals surface area contributed by atoms with Crippen LogP contribution in [-0.2, 0) is 15.6 Å². The molecule has 0 aromatic rings. The van der Waals surface area contributed by atoms with E-state index in [9.17, 15) is 13.5 Å². The van der Waals surface area contributed by atoms with Gasteiger partial charge in [-0.15, -0.1) is 0 Å². The first-order valence-corrected chi connectivity index (χ1v) is 7.72. The van der Waals surface area contributed by atoms with Gasteiger partial charge in [-0.05, 0) is 39.7 Å². The summed E-state index contributed by atoms with van der Waals surface area (Å²) in [6.45, 7) is 9.08. The highest BCUT2D eigenvalue weighted by Crippen LogP contribution is 2.28. The van der Waals surface area contributed by atoms with Gasteiger partial charge in [-0.25, -0.2) is 8.42 Å². The summed E-state index contributed by atoms with van der Waals surface area (Å²) in [7, 11) is -2.72. The van der Waals surface area contributed by atoms with Crippen LogP contribution in [0, 0.1) is 0 Å². The van der Waals surface area contributed by atoms with Crippen molar-refractivity contribution in [2.45, 2.75) is 45.3 Å². The molecule has 0 aromatic heterocycles. The van der Waals surface area contributed by atoms with E-state index < -0.39 is 16.5 Å². The van der Waals surface area contributed by atoms with Crippen LogP contribution < -0.4 is 0 Å². The number of aliphatic hydroxyl groups is 1. The molecule has 0 bridgehead atoms. The number of thiol groups is 1. The average Bonchev–Trinajstić information content (AvgIpc) is 2.35. The summed E-state index contributed by atoms with van der Waals surface area (Å²) in [5, 5.41) is 9.76. The smallest absolute Gasteiger partial charge is 0.225 e. The van der Waals surface area contributed by atoms with Crippen molar-refractivity contribution in [3.8, 4) is 0 Å². The van der Waals surface area contributed by atoms with Crippen molar-refractivity contribution in [2.24, 2.45) is 0 Å².